The van der Waals surface area contributed by atoms with E-state index in [1.54, 1.807) is 0 Å². The first-order chi connectivity index (χ1) is 8.92. The van der Waals surface area contributed by atoms with Crippen molar-refractivity contribution in [3.63, 3.8) is 0 Å². The molecule has 1 saturated carbocycles. The number of anilines is 1. The number of aromatic nitrogens is 2. The molecule has 4 heteroatoms. The maximum Gasteiger partial charge on any atom is 0.0960 e. The lowest BCUT2D eigenvalue weighted by molar-refractivity contribution is 0.589. The predicted octanol–water partition coefficient (Wildman–Crippen LogP) is 1.78. The summed E-state index contributed by atoms with van der Waals surface area (Å²) >= 11 is 0. The van der Waals surface area contributed by atoms with Crippen LogP contribution in [0.4, 0.5) is 5.69 Å². The number of nitrogens with zero attached hydrogens (tertiary/aromatic N) is 3. The minimum atomic E-state index is 0.708. The Morgan fingerprint density at radius 1 is 1.17 bits per heavy atom. The molecule has 0 bridgehead atoms. The smallest absolute Gasteiger partial charge is 0.0960 e. The largest absolute Gasteiger partial charge is 0.369 e. The molecule has 0 atom stereocenters. The van der Waals surface area contributed by atoms with Crippen molar-refractivity contribution >= 4 is 16.7 Å². The fourth-order valence-electron chi connectivity index (χ4n) is 2.78. The highest BCUT2D eigenvalue weighted by molar-refractivity contribution is 5.80. The SMILES string of the molecule is c1cc2c(cc1N1CCNCC1)ncn2C1CC1. The highest BCUT2D eigenvalue weighted by atomic mass is 15.2. The van der Waals surface area contributed by atoms with Crippen LogP contribution < -0.4 is 10.2 Å². The van der Waals surface area contributed by atoms with Crippen LogP contribution >= 0.6 is 0 Å². The fraction of sp³-hybridized carbons (Fsp3) is 0.500. The van der Waals surface area contributed by atoms with Crippen molar-refractivity contribution in [3.05, 3.63) is 24.5 Å². The van der Waals surface area contributed by atoms with Crippen LogP contribution in [-0.2, 0) is 0 Å². The Balaban J connectivity index is 1.70. The van der Waals surface area contributed by atoms with E-state index in [0.29, 0.717) is 6.04 Å². The number of piperazine rings is 1. The monoisotopic (exact) mass is 242 g/mol. The Labute approximate surface area is 107 Å². The lowest BCUT2D eigenvalue weighted by Gasteiger charge is -2.29. The van der Waals surface area contributed by atoms with Gasteiger partial charge in [-0.3, -0.25) is 0 Å². The number of imidazole rings is 1. The van der Waals surface area contributed by atoms with E-state index in [1.807, 2.05) is 6.33 Å². The third-order valence-corrected chi connectivity index (χ3v) is 3.98. The maximum atomic E-state index is 4.56. The molecule has 0 unspecified atom stereocenters. The summed E-state index contributed by atoms with van der Waals surface area (Å²) in [4.78, 5) is 6.99. The van der Waals surface area contributed by atoms with Gasteiger partial charge in [-0.05, 0) is 31.0 Å². The average molecular weight is 242 g/mol. The maximum absolute atomic E-state index is 4.56. The molecule has 2 fully saturated rings. The number of fused-ring (bicyclic) bond motifs is 1. The Morgan fingerprint density at radius 2 is 2.00 bits per heavy atom. The second-order valence-electron chi connectivity index (χ2n) is 5.29. The predicted molar refractivity (Wildman–Crippen MR) is 73.1 cm³/mol. The molecule has 2 heterocycles. The lowest BCUT2D eigenvalue weighted by Crippen LogP contribution is -2.43. The standard InChI is InChI=1S/C14H18N4/c1-2-11(1)18-10-16-13-9-12(3-4-14(13)18)17-7-5-15-6-8-17/h3-4,9-11,15H,1-2,5-8H2. The summed E-state index contributed by atoms with van der Waals surface area (Å²) < 4.78 is 2.33. The minimum Gasteiger partial charge on any atom is -0.369 e. The number of nitrogens with one attached hydrogen (secondary N) is 1. The van der Waals surface area contributed by atoms with Crippen molar-refractivity contribution in [1.29, 1.82) is 0 Å². The topological polar surface area (TPSA) is 33.1 Å². The van der Waals surface area contributed by atoms with Crippen LogP contribution in [0.15, 0.2) is 24.5 Å². The molecule has 0 spiro atoms. The van der Waals surface area contributed by atoms with Gasteiger partial charge in [-0.25, -0.2) is 4.98 Å². The zero-order valence-corrected chi connectivity index (χ0v) is 10.5. The zero-order chi connectivity index (χ0) is 11.9. The average Bonchev–Trinajstić information content (AvgIpc) is 3.19. The van der Waals surface area contributed by atoms with Crippen LogP contribution in [-0.4, -0.2) is 35.7 Å². The molecule has 1 aliphatic heterocycles. The van der Waals surface area contributed by atoms with Crippen LogP contribution in [0.2, 0.25) is 0 Å². The van der Waals surface area contributed by atoms with E-state index in [-0.39, 0.29) is 0 Å². The van der Waals surface area contributed by atoms with Crippen LogP contribution in [0.1, 0.15) is 18.9 Å². The van der Waals surface area contributed by atoms with Gasteiger partial charge in [0.05, 0.1) is 17.4 Å². The van der Waals surface area contributed by atoms with Crippen molar-refractivity contribution < 1.29 is 0 Å². The molecule has 1 saturated heterocycles. The molecule has 1 aromatic carbocycles. The zero-order valence-electron chi connectivity index (χ0n) is 10.5. The molecule has 2 aliphatic rings. The van der Waals surface area contributed by atoms with Gasteiger partial charge in [-0.15, -0.1) is 0 Å². The van der Waals surface area contributed by atoms with E-state index in [1.165, 1.54) is 24.0 Å². The number of hydrogen-bond acceptors (Lipinski definition) is 3. The molecular formula is C14H18N4. The first-order valence-electron chi connectivity index (χ1n) is 6.84. The molecule has 4 rings (SSSR count). The molecular weight excluding hydrogens is 224 g/mol. The fourth-order valence-corrected chi connectivity index (χ4v) is 2.78. The second kappa shape index (κ2) is 3.99. The van der Waals surface area contributed by atoms with Crippen molar-refractivity contribution in [3.8, 4) is 0 Å². The van der Waals surface area contributed by atoms with Gasteiger partial charge in [0.25, 0.3) is 0 Å². The lowest BCUT2D eigenvalue weighted by atomic mass is 10.2. The Morgan fingerprint density at radius 3 is 2.78 bits per heavy atom. The summed E-state index contributed by atoms with van der Waals surface area (Å²) in [6, 6.07) is 7.42. The molecule has 1 aromatic heterocycles. The summed E-state index contributed by atoms with van der Waals surface area (Å²) in [7, 11) is 0. The first kappa shape index (κ1) is 10.4. The van der Waals surface area contributed by atoms with E-state index >= 15 is 0 Å². The van der Waals surface area contributed by atoms with Gasteiger partial charge >= 0.3 is 0 Å². The highest BCUT2D eigenvalue weighted by Crippen LogP contribution is 2.37. The molecule has 1 aliphatic carbocycles. The van der Waals surface area contributed by atoms with Crippen LogP contribution in [0, 0.1) is 0 Å². The van der Waals surface area contributed by atoms with Crippen molar-refractivity contribution in [2.75, 3.05) is 31.1 Å². The van der Waals surface area contributed by atoms with Crippen LogP contribution in [0.3, 0.4) is 0 Å². The molecule has 1 N–H and O–H groups in total. The molecule has 18 heavy (non-hydrogen) atoms. The number of hydrogen-bond donors (Lipinski definition) is 1. The first-order valence-corrected chi connectivity index (χ1v) is 6.84. The van der Waals surface area contributed by atoms with Crippen molar-refractivity contribution in [1.82, 2.24) is 14.9 Å². The summed E-state index contributed by atoms with van der Waals surface area (Å²) in [5.41, 5.74) is 3.74. The minimum absolute atomic E-state index is 0.708. The van der Waals surface area contributed by atoms with Gasteiger partial charge in [0.1, 0.15) is 0 Å². The quantitative estimate of drug-likeness (QED) is 0.871. The van der Waals surface area contributed by atoms with E-state index in [4.69, 9.17) is 0 Å². The normalized spacial score (nSPS) is 20.6. The third kappa shape index (κ3) is 1.68. The summed E-state index contributed by atoms with van der Waals surface area (Å²) in [5, 5.41) is 3.39. The summed E-state index contributed by atoms with van der Waals surface area (Å²) in [6.45, 7) is 4.34. The third-order valence-electron chi connectivity index (χ3n) is 3.98. The Bertz CT molecular complexity index is 564. The number of rotatable bonds is 2. The second-order valence-corrected chi connectivity index (χ2v) is 5.29. The van der Waals surface area contributed by atoms with Gasteiger partial charge in [0.2, 0.25) is 0 Å². The van der Waals surface area contributed by atoms with Gasteiger partial charge in [0.15, 0.2) is 0 Å². The number of benzene rings is 1. The van der Waals surface area contributed by atoms with Gasteiger partial charge < -0.3 is 14.8 Å². The summed E-state index contributed by atoms with van der Waals surface area (Å²) in [5.74, 6) is 0. The summed E-state index contributed by atoms with van der Waals surface area (Å²) in [6.07, 6.45) is 4.62. The molecule has 0 amide bonds. The molecule has 2 aromatic rings. The van der Waals surface area contributed by atoms with E-state index < -0.39 is 0 Å². The molecule has 4 nitrogen and oxygen atoms in total. The Hall–Kier alpha value is -1.55. The van der Waals surface area contributed by atoms with Gasteiger partial charge in [-0.1, -0.05) is 0 Å². The highest BCUT2D eigenvalue weighted by Gasteiger charge is 2.25. The van der Waals surface area contributed by atoms with Crippen molar-refractivity contribution in [2.24, 2.45) is 0 Å². The van der Waals surface area contributed by atoms with E-state index in [2.05, 4.69) is 38.0 Å². The van der Waals surface area contributed by atoms with E-state index in [0.717, 1.165) is 31.7 Å². The van der Waals surface area contributed by atoms with Crippen LogP contribution in [0.25, 0.3) is 11.0 Å². The molecule has 94 valence electrons. The van der Waals surface area contributed by atoms with Crippen LogP contribution in [0.5, 0.6) is 0 Å². The van der Waals surface area contributed by atoms with Crippen molar-refractivity contribution in [2.45, 2.75) is 18.9 Å². The molecule has 0 radical (unpaired) electrons. The van der Waals surface area contributed by atoms with Gasteiger partial charge in [-0.2, -0.15) is 0 Å². The van der Waals surface area contributed by atoms with Gasteiger partial charge in [0, 0.05) is 37.9 Å². The van der Waals surface area contributed by atoms with E-state index in [9.17, 15) is 0 Å². The Kier molecular flexibility index (Phi) is 2.30.